The summed E-state index contributed by atoms with van der Waals surface area (Å²) in [5.74, 6) is 0.878. The molecule has 3 aromatic rings. The lowest BCUT2D eigenvalue weighted by Crippen LogP contribution is -2.23. The van der Waals surface area contributed by atoms with E-state index in [0.29, 0.717) is 6.61 Å². The van der Waals surface area contributed by atoms with Gasteiger partial charge in [-0.25, -0.2) is 0 Å². The number of benzene rings is 2. The van der Waals surface area contributed by atoms with Crippen LogP contribution in [0.4, 0.5) is 5.69 Å². The van der Waals surface area contributed by atoms with Crippen LogP contribution < -0.4 is 10.1 Å². The molecule has 1 aliphatic rings. The van der Waals surface area contributed by atoms with Crippen molar-refractivity contribution in [2.45, 2.75) is 6.04 Å². The second-order valence-electron chi connectivity index (χ2n) is 4.84. The van der Waals surface area contributed by atoms with Crippen LogP contribution in [-0.2, 0) is 0 Å². The molecule has 0 saturated heterocycles. The zero-order chi connectivity index (χ0) is 13.5. The highest BCUT2D eigenvalue weighted by atomic mass is 79.9. The molecule has 1 aliphatic heterocycles. The summed E-state index contributed by atoms with van der Waals surface area (Å²) in [7, 11) is 0. The number of rotatable bonds is 1. The summed E-state index contributed by atoms with van der Waals surface area (Å²) in [6.07, 6.45) is 1.82. The summed E-state index contributed by atoms with van der Waals surface area (Å²) in [4.78, 5) is 0. The van der Waals surface area contributed by atoms with Gasteiger partial charge in [-0.1, -0.05) is 34.1 Å². The average molecular weight is 330 g/mol. The molecule has 3 nitrogen and oxygen atoms in total. The number of hydrogen-bond donors (Lipinski definition) is 1. The number of ether oxygens (including phenoxy) is 1. The lowest BCUT2D eigenvalue weighted by Gasteiger charge is -2.27. The Morgan fingerprint density at radius 3 is 3.00 bits per heavy atom. The van der Waals surface area contributed by atoms with Gasteiger partial charge >= 0.3 is 0 Å². The molecule has 4 rings (SSSR count). The van der Waals surface area contributed by atoms with Crippen molar-refractivity contribution in [1.82, 2.24) is 0 Å². The maximum absolute atomic E-state index is 5.86. The van der Waals surface area contributed by atoms with Crippen LogP contribution in [-0.4, -0.2) is 6.61 Å². The molecule has 1 unspecified atom stereocenters. The van der Waals surface area contributed by atoms with E-state index in [-0.39, 0.29) is 6.04 Å². The minimum atomic E-state index is 0.104. The maximum atomic E-state index is 5.86. The first-order chi connectivity index (χ1) is 9.81. The molecule has 0 fully saturated rings. The van der Waals surface area contributed by atoms with Crippen LogP contribution in [0.1, 0.15) is 11.6 Å². The molecule has 20 heavy (non-hydrogen) atoms. The van der Waals surface area contributed by atoms with E-state index in [2.05, 4.69) is 27.3 Å². The molecule has 2 aromatic carbocycles. The number of furan rings is 1. The van der Waals surface area contributed by atoms with E-state index in [9.17, 15) is 0 Å². The fourth-order valence-corrected chi connectivity index (χ4v) is 2.91. The van der Waals surface area contributed by atoms with Gasteiger partial charge in [0.25, 0.3) is 0 Å². The third-order valence-electron chi connectivity index (χ3n) is 3.57. The summed E-state index contributed by atoms with van der Waals surface area (Å²) in [5.41, 5.74) is 3.05. The molecule has 0 amide bonds. The smallest absolute Gasteiger partial charge is 0.143 e. The standard InChI is InChI=1S/C16H12BrNO2/c17-10-5-6-13-16(7-10)20-9-14(18-13)12-8-19-15-4-2-1-3-11(12)15/h1-8,14,18H,9H2. The molecule has 100 valence electrons. The molecular weight excluding hydrogens is 318 g/mol. The van der Waals surface area contributed by atoms with Crippen LogP contribution in [0.5, 0.6) is 5.75 Å². The van der Waals surface area contributed by atoms with Gasteiger partial charge in [-0.15, -0.1) is 0 Å². The normalized spacial score (nSPS) is 17.4. The SMILES string of the molecule is Brc1ccc2c(c1)OCC(c1coc3ccccc13)N2. The lowest BCUT2D eigenvalue weighted by atomic mass is 10.0. The Hall–Kier alpha value is -1.94. The van der Waals surface area contributed by atoms with Crippen molar-refractivity contribution >= 4 is 32.6 Å². The minimum absolute atomic E-state index is 0.104. The highest BCUT2D eigenvalue weighted by molar-refractivity contribution is 9.10. The van der Waals surface area contributed by atoms with Gasteiger partial charge in [-0.3, -0.25) is 0 Å². The Labute approximate surface area is 124 Å². The fraction of sp³-hybridized carbons (Fsp3) is 0.125. The van der Waals surface area contributed by atoms with Gasteiger partial charge < -0.3 is 14.5 Å². The average Bonchev–Trinajstić information content (AvgIpc) is 2.91. The highest BCUT2D eigenvalue weighted by Gasteiger charge is 2.23. The Bertz CT molecular complexity index is 781. The third-order valence-corrected chi connectivity index (χ3v) is 4.06. The van der Waals surface area contributed by atoms with Crippen LogP contribution >= 0.6 is 15.9 Å². The largest absolute Gasteiger partial charge is 0.489 e. The van der Waals surface area contributed by atoms with Gasteiger partial charge in [0.2, 0.25) is 0 Å². The van der Waals surface area contributed by atoms with E-state index in [1.54, 1.807) is 0 Å². The van der Waals surface area contributed by atoms with Crippen molar-refractivity contribution in [3.05, 3.63) is 58.8 Å². The third kappa shape index (κ3) is 1.88. The van der Waals surface area contributed by atoms with Crippen LogP contribution in [0, 0.1) is 0 Å². The summed E-state index contributed by atoms with van der Waals surface area (Å²) in [6, 6.07) is 14.2. The first-order valence-corrected chi connectivity index (χ1v) is 7.25. The number of hydrogen-bond acceptors (Lipinski definition) is 3. The second-order valence-corrected chi connectivity index (χ2v) is 5.75. The van der Waals surface area contributed by atoms with Crippen molar-refractivity contribution in [2.24, 2.45) is 0 Å². The molecule has 1 atom stereocenters. The monoisotopic (exact) mass is 329 g/mol. The van der Waals surface area contributed by atoms with Crippen molar-refractivity contribution in [2.75, 3.05) is 11.9 Å². The van der Waals surface area contributed by atoms with Gasteiger partial charge in [0.05, 0.1) is 18.0 Å². The van der Waals surface area contributed by atoms with E-state index >= 15 is 0 Å². The summed E-state index contributed by atoms with van der Waals surface area (Å²) < 4.78 is 12.5. The fourth-order valence-electron chi connectivity index (χ4n) is 2.57. The van der Waals surface area contributed by atoms with Crippen LogP contribution in [0.15, 0.2) is 57.6 Å². The van der Waals surface area contributed by atoms with Crippen molar-refractivity contribution in [1.29, 1.82) is 0 Å². The molecule has 0 aliphatic carbocycles. The Kier molecular flexibility index (Phi) is 2.70. The molecule has 0 saturated carbocycles. The van der Waals surface area contributed by atoms with Gasteiger partial charge in [0.1, 0.15) is 17.9 Å². The molecule has 4 heteroatoms. The molecular formula is C16H12BrNO2. The predicted molar refractivity (Wildman–Crippen MR) is 82.2 cm³/mol. The molecule has 0 bridgehead atoms. The zero-order valence-electron chi connectivity index (χ0n) is 10.6. The molecule has 1 N–H and O–H groups in total. The van der Waals surface area contributed by atoms with E-state index in [1.165, 1.54) is 0 Å². The molecule has 0 spiro atoms. The quantitative estimate of drug-likeness (QED) is 0.700. The van der Waals surface area contributed by atoms with Crippen molar-refractivity contribution in [3.8, 4) is 5.75 Å². The van der Waals surface area contributed by atoms with E-state index < -0.39 is 0 Å². The lowest BCUT2D eigenvalue weighted by molar-refractivity contribution is 0.286. The second kappa shape index (κ2) is 4.56. The van der Waals surface area contributed by atoms with Crippen LogP contribution in [0.25, 0.3) is 11.0 Å². The number of para-hydroxylation sites is 1. The Balaban J connectivity index is 1.73. The van der Waals surface area contributed by atoms with Gasteiger partial charge in [-0.05, 0) is 24.3 Å². The van der Waals surface area contributed by atoms with E-state index in [4.69, 9.17) is 9.15 Å². The van der Waals surface area contributed by atoms with Crippen LogP contribution in [0.3, 0.4) is 0 Å². The Morgan fingerprint density at radius 2 is 2.05 bits per heavy atom. The number of fused-ring (bicyclic) bond motifs is 2. The van der Waals surface area contributed by atoms with Crippen LogP contribution in [0.2, 0.25) is 0 Å². The van der Waals surface area contributed by atoms with Crippen molar-refractivity contribution < 1.29 is 9.15 Å². The number of halogens is 1. The minimum Gasteiger partial charge on any atom is -0.489 e. The molecule has 1 aromatic heterocycles. The van der Waals surface area contributed by atoms with Crippen molar-refractivity contribution in [3.63, 3.8) is 0 Å². The number of anilines is 1. The first-order valence-electron chi connectivity index (χ1n) is 6.46. The predicted octanol–water partition coefficient (Wildman–Crippen LogP) is 4.74. The topological polar surface area (TPSA) is 34.4 Å². The molecule has 0 radical (unpaired) electrons. The maximum Gasteiger partial charge on any atom is 0.143 e. The summed E-state index contributed by atoms with van der Waals surface area (Å²) in [6.45, 7) is 0.590. The molecule has 2 heterocycles. The zero-order valence-corrected chi connectivity index (χ0v) is 12.2. The van der Waals surface area contributed by atoms with E-state index in [1.807, 2.05) is 42.7 Å². The summed E-state index contributed by atoms with van der Waals surface area (Å²) >= 11 is 3.45. The summed E-state index contributed by atoms with van der Waals surface area (Å²) in [5, 5.41) is 4.65. The number of nitrogens with one attached hydrogen (secondary N) is 1. The Morgan fingerprint density at radius 1 is 1.15 bits per heavy atom. The first kappa shape index (κ1) is 11.9. The van der Waals surface area contributed by atoms with Gasteiger partial charge in [0.15, 0.2) is 0 Å². The van der Waals surface area contributed by atoms with Gasteiger partial charge in [-0.2, -0.15) is 0 Å². The van der Waals surface area contributed by atoms with Gasteiger partial charge in [0, 0.05) is 15.4 Å². The van der Waals surface area contributed by atoms with E-state index in [0.717, 1.165) is 32.4 Å². The highest BCUT2D eigenvalue weighted by Crippen LogP contribution is 2.37.